The Labute approximate surface area is 416 Å². The Morgan fingerprint density at radius 1 is 0.873 bits per heavy atom. The van der Waals surface area contributed by atoms with Crippen molar-refractivity contribution in [2.24, 2.45) is 5.92 Å². The van der Waals surface area contributed by atoms with E-state index in [0.29, 0.717) is 53.1 Å². The molecule has 0 spiro atoms. The van der Waals surface area contributed by atoms with Gasteiger partial charge in [-0.05, 0) is 93.5 Å². The first-order valence-corrected chi connectivity index (χ1v) is 25.4. The normalized spacial score (nSPS) is 19.5. The predicted molar refractivity (Wildman–Crippen MR) is 258 cm³/mol. The number of aromatic carboxylic acids is 1. The molecule has 71 heavy (non-hydrogen) atoms. The van der Waals surface area contributed by atoms with E-state index in [-0.39, 0.29) is 82.7 Å². The number of carboxylic acids is 2. The zero-order valence-electron chi connectivity index (χ0n) is 38.4. The lowest BCUT2D eigenvalue weighted by atomic mass is 9.89. The molecule has 3 saturated heterocycles. The molecule has 2 atom stereocenters. The first kappa shape index (κ1) is 50.5. The third kappa shape index (κ3) is 10.9. The van der Waals surface area contributed by atoms with Crippen molar-refractivity contribution in [3.63, 3.8) is 0 Å². The molecule has 374 valence electrons. The summed E-state index contributed by atoms with van der Waals surface area (Å²) in [5.41, 5.74) is 1.32. The lowest BCUT2D eigenvalue weighted by Crippen LogP contribution is -2.55. The summed E-state index contributed by atoms with van der Waals surface area (Å²) < 4.78 is 40.5. The van der Waals surface area contributed by atoms with Crippen molar-refractivity contribution in [2.75, 3.05) is 43.5 Å². The molecule has 1 unspecified atom stereocenters. The Kier molecular flexibility index (Phi) is 14.6. The number of amides is 6. The second-order valence-corrected chi connectivity index (χ2v) is 21.5. The molecule has 8 rings (SSSR count). The molecule has 1 aromatic heterocycles. The molecule has 6 amide bonds. The number of piperidine rings is 3. The molecule has 5 heterocycles. The smallest absolute Gasteiger partial charge is 0.349 e. The number of ether oxygens (including phenoxy) is 2. The number of carboxylic acid groups (broad SMARTS) is 2. The van der Waals surface area contributed by atoms with Gasteiger partial charge in [-0.1, -0.05) is 41.9 Å². The van der Waals surface area contributed by atoms with Gasteiger partial charge in [-0.15, -0.1) is 11.3 Å². The van der Waals surface area contributed by atoms with E-state index < -0.39 is 82.2 Å². The molecule has 20 nitrogen and oxygen atoms in total. The summed E-state index contributed by atoms with van der Waals surface area (Å²) in [4.78, 5) is 103. The van der Waals surface area contributed by atoms with Crippen molar-refractivity contribution < 1.29 is 66.5 Å². The number of likely N-dealkylation sites (tertiary alicyclic amines) is 1. The number of fused-ring (bicyclic) bond motifs is 1. The Morgan fingerprint density at radius 3 is 2.30 bits per heavy atom. The number of rotatable bonds is 16. The number of benzene rings is 3. The van der Waals surface area contributed by atoms with Gasteiger partial charge < -0.3 is 35.2 Å². The first-order valence-electron chi connectivity index (χ1n) is 22.6. The minimum Gasteiger partial charge on any atom is -0.483 e. The Bertz CT molecular complexity index is 2970. The Hall–Kier alpha value is -6.88. The van der Waals surface area contributed by atoms with E-state index in [1.54, 1.807) is 47.4 Å². The van der Waals surface area contributed by atoms with Gasteiger partial charge in [-0.3, -0.25) is 39.0 Å². The highest BCUT2D eigenvalue weighted by Crippen LogP contribution is 2.46. The maximum Gasteiger partial charge on any atom is 0.349 e. The molecule has 3 fully saturated rings. The van der Waals surface area contributed by atoms with Crippen molar-refractivity contribution in [1.29, 1.82) is 0 Å². The SMILES string of the molecule is CC1(C)C[C@@H](Nc2cccc(-c3sc(C(=O)O)c(OCC(=O)O)c3Cl)c2)CCN1S(=O)(=O)Cc1cccc(NC(=O)C2CCN(C(=O)COc3cccc4c3C(=O)N(C3CCC(=O)NC3=O)C4=O)CC2)c1. The summed E-state index contributed by atoms with van der Waals surface area (Å²) in [7, 11) is -3.85. The van der Waals surface area contributed by atoms with Gasteiger partial charge in [-0.25, -0.2) is 18.0 Å². The van der Waals surface area contributed by atoms with Crippen LogP contribution in [0.15, 0.2) is 66.7 Å². The summed E-state index contributed by atoms with van der Waals surface area (Å²) in [5, 5.41) is 27.3. The summed E-state index contributed by atoms with van der Waals surface area (Å²) in [6, 6.07) is 16.8. The molecule has 0 aliphatic carbocycles. The van der Waals surface area contributed by atoms with Crippen LogP contribution in [0.2, 0.25) is 5.02 Å². The van der Waals surface area contributed by atoms with Crippen molar-refractivity contribution in [2.45, 2.75) is 75.7 Å². The van der Waals surface area contributed by atoms with Gasteiger partial charge in [0.25, 0.3) is 17.7 Å². The van der Waals surface area contributed by atoms with Crippen LogP contribution < -0.4 is 25.4 Å². The fourth-order valence-electron chi connectivity index (χ4n) is 9.49. The molecule has 4 aromatic rings. The van der Waals surface area contributed by atoms with Crippen molar-refractivity contribution in [1.82, 2.24) is 19.4 Å². The average molecular weight is 1030 g/mol. The molecule has 4 aliphatic heterocycles. The molecule has 0 bridgehead atoms. The van der Waals surface area contributed by atoms with Crippen LogP contribution in [0.1, 0.15) is 88.3 Å². The zero-order chi connectivity index (χ0) is 50.9. The minimum absolute atomic E-state index is 0.00166. The molecular formula is C48H49ClN6O14S2. The summed E-state index contributed by atoms with van der Waals surface area (Å²) in [5.74, 6) is -6.94. The molecule has 23 heteroatoms. The van der Waals surface area contributed by atoms with Crippen molar-refractivity contribution >= 4 is 91.7 Å². The maximum absolute atomic E-state index is 14.0. The number of nitrogens with one attached hydrogen (secondary N) is 3. The molecule has 0 saturated carbocycles. The van der Waals surface area contributed by atoms with Crippen molar-refractivity contribution in [3.05, 3.63) is 93.3 Å². The van der Waals surface area contributed by atoms with Crippen LogP contribution in [0.5, 0.6) is 11.5 Å². The number of thiophene rings is 1. The van der Waals surface area contributed by atoms with Crippen molar-refractivity contribution in [3.8, 4) is 21.9 Å². The van der Waals surface area contributed by atoms with Gasteiger partial charge in [0.05, 0.1) is 21.8 Å². The first-order chi connectivity index (χ1) is 33.7. The number of hydrogen-bond acceptors (Lipinski definition) is 14. The topological polar surface area (TPSA) is 275 Å². The van der Waals surface area contributed by atoms with Crippen LogP contribution in [-0.2, 0) is 39.7 Å². The quantitative estimate of drug-likeness (QED) is 0.0917. The van der Waals surface area contributed by atoms with Gasteiger partial charge in [0, 0.05) is 54.9 Å². The standard InChI is InChI=1S/C48H49ClN6O14S2/c1-48(2)22-31(50-30-9-4-7-28(21-30)41-39(49)40(69-24-37(58)59)42(70-41)47(64)65)16-19-54(48)71(66,67)25-26-6-3-8-29(20-26)51-43(60)27-14-17-53(18-15-27)36(57)23-68-34-11-5-10-32-38(34)46(63)55(45(32)62)33-12-13-35(56)52-44(33)61/h3-11,20-21,27,31,33,50H,12-19,22-25H2,1-2H3,(H,51,60)(H,58,59)(H,64,65)(H,52,56,61)/t31-,33?/m0/s1. The second-order valence-electron chi connectivity index (χ2n) is 18.2. The summed E-state index contributed by atoms with van der Waals surface area (Å²) in [6.07, 6.45) is 1.57. The fourth-order valence-corrected chi connectivity index (χ4v) is 12.9. The van der Waals surface area contributed by atoms with Gasteiger partial charge >= 0.3 is 11.9 Å². The Morgan fingerprint density at radius 2 is 1.59 bits per heavy atom. The van der Waals surface area contributed by atoms with E-state index in [0.717, 1.165) is 16.2 Å². The van der Waals surface area contributed by atoms with E-state index in [1.165, 1.54) is 22.5 Å². The van der Waals surface area contributed by atoms with Gasteiger partial charge in [0.1, 0.15) is 16.8 Å². The van der Waals surface area contributed by atoms with Gasteiger partial charge in [0.15, 0.2) is 23.8 Å². The zero-order valence-corrected chi connectivity index (χ0v) is 40.8. The van der Waals surface area contributed by atoms with Gasteiger partial charge in [0.2, 0.25) is 27.7 Å². The van der Waals surface area contributed by atoms with E-state index >= 15 is 0 Å². The number of hydrogen-bond donors (Lipinski definition) is 5. The van der Waals surface area contributed by atoms with Crippen LogP contribution in [0.25, 0.3) is 10.4 Å². The van der Waals surface area contributed by atoms with Crippen LogP contribution in [-0.4, -0.2) is 131 Å². The number of carbonyl (C=O) groups is 8. The number of nitrogens with zero attached hydrogens (tertiary/aromatic N) is 3. The number of anilines is 2. The van der Waals surface area contributed by atoms with E-state index in [2.05, 4.69) is 16.0 Å². The molecule has 4 aliphatic rings. The third-order valence-electron chi connectivity index (χ3n) is 12.8. The largest absolute Gasteiger partial charge is 0.483 e. The van der Waals surface area contributed by atoms with Crippen LogP contribution >= 0.6 is 22.9 Å². The maximum atomic E-state index is 14.0. The summed E-state index contributed by atoms with van der Waals surface area (Å²) in [6.45, 7) is 3.21. The average Bonchev–Trinajstić information content (AvgIpc) is 3.78. The second kappa shape index (κ2) is 20.5. The van der Waals surface area contributed by atoms with Gasteiger partial charge in [-0.2, -0.15) is 4.31 Å². The minimum atomic E-state index is -3.85. The number of halogens is 1. The number of sulfonamides is 1. The van der Waals surface area contributed by atoms with E-state index in [9.17, 15) is 51.9 Å². The highest BCUT2D eigenvalue weighted by Gasteiger charge is 2.46. The van der Waals surface area contributed by atoms with E-state index in [1.807, 2.05) is 19.9 Å². The van der Waals surface area contributed by atoms with E-state index in [4.69, 9.17) is 26.2 Å². The highest BCUT2D eigenvalue weighted by molar-refractivity contribution is 7.88. The van der Waals surface area contributed by atoms with Crippen LogP contribution in [0, 0.1) is 5.92 Å². The molecule has 0 radical (unpaired) electrons. The van der Waals surface area contributed by atoms with Crippen LogP contribution in [0.4, 0.5) is 11.4 Å². The highest BCUT2D eigenvalue weighted by atomic mass is 35.5. The molecule has 3 aromatic carbocycles. The summed E-state index contributed by atoms with van der Waals surface area (Å²) >= 11 is 7.38. The molecular weight excluding hydrogens is 984 g/mol. The number of imide groups is 2. The number of carbonyl (C=O) groups excluding carboxylic acids is 6. The van der Waals surface area contributed by atoms with Crippen LogP contribution in [0.3, 0.4) is 0 Å². The monoisotopic (exact) mass is 1030 g/mol. The lowest BCUT2D eigenvalue weighted by molar-refractivity contribution is -0.139. The Balaban J connectivity index is 0.817. The third-order valence-corrected chi connectivity index (χ3v) is 16.5. The number of aliphatic carboxylic acids is 1. The lowest BCUT2D eigenvalue weighted by Gasteiger charge is -2.45. The molecule has 5 N–H and O–H groups in total. The fraction of sp³-hybridized carbons (Fsp3) is 0.375. The predicted octanol–water partition coefficient (Wildman–Crippen LogP) is 5.07.